The quantitative estimate of drug-likeness (QED) is 0.650. The van der Waals surface area contributed by atoms with Gasteiger partial charge in [0, 0.05) is 0 Å². The maximum absolute atomic E-state index is 5.76. The van der Waals surface area contributed by atoms with E-state index < -0.39 is 8.67 Å². The average Bonchev–Trinajstić information content (AvgIpc) is 2.02. The lowest BCUT2D eigenvalue weighted by atomic mass is 10.2. The summed E-state index contributed by atoms with van der Waals surface area (Å²) >= 11 is 34.0. The first-order valence-corrected chi connectivity index (χ1v) is 5.79. The number of hydrogen-bond acceptors (Lipinski definition) is 0. The molecule has 0 heterocycles. The largest absolute Gasteiger partial charge is 0.131 e. The van der Waals surface area contributed by atoms with E-state index in [1.54, 1.807) is 0 Å². The predicted octanol–water partition coefficient (Wildman–Crippen LogP) is 4.59. The smallest absolute Gasteiger partial charge is 0.123 e. The Bertz CT molecular complexity index is 116. The Morgan fingerprint density at radius 1 is 0.667 bits per heavy atom. The van der Waals surface area contributed by atoms with E-state index in [9.17, 15) is 0 Å². The second-order valence-electron chi connectivity index (χ2n) is 2.48. The van der Waals surface area contributed by atoms with E-state index in [-0.39, 0.29) is 11.8 Å². The highest BCUT2D eigenvalue weighted by Gasteiger charge is 2.29. The number of halogens is 6. The van der Waals surface area contributed by atoms with Gasteiger partial charge in [0.1, 0.15) is 8.67 Å². The van der Waals surface area contributed by atoms with E-state index in [0.29, 0.717) is 12.8 Å². The van der Waals surface area contributed by atoms with Crippen molar-refractivity contribution in [3.8, 4) is 0 Å². The molecule has 0 aromatic heterocycles. The number of rotatable bonds is 5. The van der Waals surface area contributed by atoms with E-state index in [1.807, 2.05) is 0 Å². The van der Waals surface area contributed by atoms with E-state index in [2.05, 4.69) is 0 Å². The number of hydrogen-bond donors (Lipinski definition) is 0. The molecule has 0 nitrogen and oxygen atoms in total. The Labute approximate surface area is 102 Å². The first-order valence-electron chi connectivity index (χ1n) is 3.20. The van der Waals surface area contributed by atoms with Gasteiger partial charge in [0.2, 0.25) is 0 Å². The average molecular weight is 293 g/mol. The fourth-order valence-electron chi connectivity index (χ4n) is 0.499. The maximum Gasteiger partial charge on any atom is 0.131 e. The fourth-order valence-corrected chi connectivity index (χ4v) is 1.14. The maximum atomic E-state index is 5.76. The fraction of sp³-hybridized carbons (Fsp3) is 1.00. The lowest BCUT2D eigenvalue weighted by molar-refractivity contribution is 0.651. The summed E-state index contributed by atoms with van der Waals surface area (Å²) in [6.45, 7) is 0. The highest BCUT2D eigenvalue weighted by molar-refractivity contribution is 6.52. The van der Waals surface area contributed by atoms with Gasteiger partial charge in [-0.15, -0.1) is 69.6 Å². The molecule has 0 radical (unpaired) electrons. The minimum atomic E-state index is -0.970. The van der Waals surface area contributed by atoms with Gasteiger partial charge < -0.3 is 0 Å². The molecule has 12 heavy (non-hydrogen) atoms. The SMILES string of the molecule is ClCC(Cl)(Cl)CCC(Cl)(Cl)CCl. The van der Waals surface area contributed by atoms with Crippen LogP contribution in [-0.4, -0.2) is 20.4 Å². The molecule has 0 N–H and O–H groups in total. The third-order valence-corrected chi connectivity index (χ3v) is 4.00. The second kappa shape index (κ2) is 5.58. The zero-order chi connectivity index (χ0) is 9.83. The molecule has 0 fully saturated rings. The van der Waals surface area contributed by atoms with Crippen molar-refractivity contribution < 1.29 is 0 Å². The van der Waals surface area contributed by atoms with E-state index in [0.717, 1.165) is 0 Å². The highest BCUT2D eigenvalue weighted by atomic mass is 35.5. The summed E-state index contributed by atoms with van der Waals surface area (Å²) in [4.78, 5) is 0. The second-order valence-corrected chi connectivity index (χ2v) is 6.29. The van der Waals surface area contributed by atoms with Gasteiger partial charge in [-0.1, -0.05) is 0 Å². The molecule has 0 aromatic carbocycles. The summed E-state index contributed by atoms with van der Waals surface area (Å²) in [5.41, 5.74) is 0. The van der Waals surface area contributed by atoms with Gasteiger partial charge in [0.25, 0.3) is 0 Å². The lowest BCUT2D eigenvalue weighted by Gasteiger charge is -2.21. The minimum Gasteiger partial charge on any atom is -0.123 e. The molecule has 0 aromatic rings. The molecule has 0 atom stereocenters. The topological polar surface area (TPSA) is 0 Å². The lowest BCUT2D eigenvalue weighted by Crippen LogP contribution is -2.22. The monoisotopic (exact) mass is 290 g/mol. The minimum absolute atomic E-state index is 0.141. The molecule has 0 unspecified atom stereocenters. The summed E-state index contributed by atoms with van der Waals surface area (Å²) < 4.78 is -1.94. The van der Waals surface area contributed by atoms with Crippen LogP contribution in [0.4, 0.5) is 0 Å². The van der Waals surface area contributed by atoms with Crippen molar-refractivity contribution >= 4 is 69.6 Å². The zero-order valence-electron chi connectivity index (χ0n) is 6.10. The molecule has 0 aliphatic rings. The molecule has 0 bridgehead atoms. The summed E-state index contributed by atoms with van der Waals surface area (Å²) in [5.74, 6) is 0.282. The number of alkyl halides is 6. The molecule has 0 saturated heterocycles. The van der Waals surface area contributed by atoms with Crippen LogP contribution in [0.5, 0.6) is 0 Å². The Kier molecular flexibility index (Phi) is 6.39. The predicted molar refractivity (Wildman–Crippen MR) is 59.5 cm³/mol. The molecule has 0 spiro atoms. The Hall–Kier alpha value is 1.74. The van der Waals surface area contributed by atoms with E-state index in [1.165, 1.54) is 0 Å². The first-order chi connectivity index (χ1) is 5.33. The summed E-state index contributed by atoms with van der Waals surface area (Å²) in [6, 6.07) is 0. The molecular weight excluding hydrogens is 285 g/mol. The first kappa shape index (κ1) is 13.7. The third kappa shape index (κ3) is 6.23. The molecule has 0 aliphatic carbocycles. The molecule has 0 saturated carbocycles. The van der Waals surface area contributed by atoms with Gasteiger partial charge in [0.15, 0.2) is 0 Å². The van der Waals surface area contributed by atoms with Gasteiger partial charge in [-0.2, -0.15) is 0 Å². The van der Waals surface area contributed by atoms with Crippen molar-refractivity contribution in [2.24, 2.45) is 0 Å². The third-order valence-electron chi connectivity index (χ3n) is 1.25. The van der Waals surface area contributed by atoms with E-state index in [4.69, 9.17) is 69.6 Å². The van der Waals surface area contributed by atoms with E-state index >= 15 is 0 Å². The summed E-state index contributed by atoms with van der Waals surface area (Å²) in [6.07, 6.45) is 0.832. The van der Waals surface area contributed by atoms with Crippen molar-refractivity contribution in [3.05, 3.63) is 0 Å². The zero-order valence-corrected chi connectivity index (χ0v) is 10.6. The van der Waals surface area contributed by atoms with Crippen LogP contribution in [0.1, 0.15) is 12.8 Å². The highest BCUT2D eigenvalue weighted by Crippen LogP contribution is 2.35. The van der Waals surface area contributed by atoms with Crippen molar-refractivity contribution in [1.29, 1.82) is 0 Å². The van der Waals surface area contributed by atoms with Gasteiger partial charge in [0.05, 0.1) is 11.8 Å². The van der Waals surface area contributed by atoms with Crippen LogP contribution in [0.3, 0.4) is 0 Å². The Morgan fingerprint density at radius 2 is 0.917 bits per heavy atom. The van der Waals surface area contributed by atoms with Crippen LogP contribution in [0.15, 0.2) is 0 Å². The summed E-state index contributed by atoms with van der Waals surface area (Å²) in [7, 11) is 0. The standard InChI is InChI=1S/C6H8Cl6/c7-3-5(9,10)1-2-6(11,12)4-8/h1-4H2. The van der Waals surface area contributed by atoms with Crippen molar-refractivity contribution in [2.75, 3.05) is 11.8 Å². The van der Waals surface area contributed by atoms with Gasteiger partial charge in [-0.25, -0.2) is 0 Å². The van der Waals surface area contributed by atoms with Crippen LogP contribution in [-0.2, 0) is 0 Å². The van der Waals surface area contributed by atoms with Crippen LogP contribution < -0.4 is 0 Å². The summed E-state index contributed by atoms with van der Waals surface area (Å²) in [5, 5.41) is 0. The van der Waals surface area contributed by atoms with Crippen molar-refractivity contribution in [3.63, 3.8) is 0 Å². The molecular formula is C6H8Cl6. The molecule has 0 aliphatic heterocycles. The van der Waals surface area contributed by atoms with Crippen molar-refractivity contribution in [2.45, 2.75) is 21.5 Å². The van der Waals surface area contributed by atoms with Crippen LogP contribution in [0, 0.1) is 0 Å². The Balaban J connectivity index is 3.82. The van der Waals surface area contributed by atoms with Gasteiger partial charge >= 0.3 is 0 Å². The van der Waals surface area contributed by atoms with Gasteiger partial charge in [-0.3, -0.25) is 0 Å². The molecule has 0 rings (SSSR count). The normalized spacial score (nSPS) is 13.5. The molecule has 74 valence electrons. The van der Waals surface area contributed by atoms with Crippen LogP contribution in [0.2, 0.25) is 0 Å². The Morgan fingerprint density at radius 3 is 1.08 bits per heavy atom. The van der Waals surface area contributed by atoms with Crippen LogP contribution in [0.25, 0.3) is 0 Å². The molecule has 0 amide bonds. The van der Waals surface area contributed by atoms with Crippen LogP contribution >= 0.6 is 69.6 Å². The van der Waals surface area contributed by atoms with Gasteiger partial charge in [-0.05, 0) is 12.8 Å². The molecule has 6 heteroatoms. The van der Waals surface area contributed by atoms with Crippen molar-refractivity contribution in [1.82, 2.24) is 0 Å².